The van der Waals surface area contributed by atoms with Crippen molar-refractivity contribution in [1.29, 1.82) is 0 Å². The van der Waals surface area contributed by atoms with Gasteiger partial charge in [-0.2, -0.15) is 0 Å². The number of aryl methyl sites for hydroxylation is 1. The van der Waals surface area contributed by atoms with Gasteiger partial charge in [-0.1, -0.05) is 30.3 Å². The number of rotatable bonds is 5. The Morgan fingerprint density at radius 3 is 2.67 bits per heavy atom. The number of carbonyl (C=O) groups is 1. The molecular formula is C20H20N2O2. The molecule has 0 aliphatic heterocycles. The molecule has 0 radical (unpaired) electrons. The van der Waals surface area contributed by atoms with Crippen LogP contribution in [0.1, 0.15) is 21.6 Å². The lowest BCUT2D eigenvalue weighted by atomic mass is 10.1. The third-order valence-corrected chi connectivity index (χ3v) is 4.00. The zero-order chi connectivity index (χ0) is 16.9. The Hall–Kier alpha value is -2.88. The quantitative estimate of drug-likeness (QED) is 0.782. The van der Waals surface area contributed by atoms with E-state index in [0.29, 0.717) is 17.8 Å². The topological polar surface area (TPSA) is 51.2 Å². The van der Waals surface area contributed by atoms with Crippen LogP contribution < -0.4 is 10.1 Å². The summed E-state index contributed by atoms with van der Waals surface area (Å²) in [6, 6.07) is 17.7. The summed E-state index contributed by atoms with van der Waals surface area (Å²) in [4.78, 5) is 17.0. The zero-order valence-electron chi connectivity index (χ0n) is 13.9. The summed E-state index contributed by atoms with van der Waals surface area (Å²) in [5.41, 5.74) is 3.36. The normalized spacial score (nSPS) is 10.6. The van der Waals surface area contributed by atoms with E-state index in [9.17, 15) is 4.79 Å². The van der Waals surface area contributed by atoms with Crippen LogP contribution >= 0.6 is 0 Å². The number of nitrogens with zero attached hydrogens (tertiary/aromatic N) is 1. The first-order chi connectivity index (χ1) is 11.7. The van der Waals surface area contributed by atoms with Gasteiger partial charge in [0.15, 0.2) is 0 Å². The molecule has 1 heterocycles. The van der Waals surface area contributed by atoms with Gasteiger partial charge >= 0.3 is 0 Å². The lowest BCUT2D eigenvalue weighted by Gasteiger charge is -2.09. The number of pyridine rings is 1. The lowest BCUT2D eigenvalue weighted by Crippen LogP contribution is -2.26. The highest BCUT2D eigenvalue weighted by Crippen LogP contribution is 2.21. The molecule has 0 fully saturated rings. The van der Waals surface area contributed by atoms with Crippen molar-refractivity contribution in [3.8, 4) is 5.75 Å². The van der Waals surface area contributed by atoms with E-state index in [1.807, 2.05) is 49.4 Å². The molecule has 0 unspecified atom stereocenters. The van der Waals surface area contributed by atoms with Crippen molar-refractivity contribution < 1.29 is 9.53 Å². The molecule has 0 saturated heterocycles. The number of hydrogen-bond donors (Lipinski definition) is 1. The Kier molecular flexibility index (Phi) is 4.75. The number of methoxy groups -OCH3 is 1. The van der Waals surface area contributed by atoms with Crippen LogP contribution in [0.3, 0.4) is 0 Å². The fourth-order valence-electron chi connectivity index (χ4n) is 2.66. The highest BCUT2D eigenvalue weighted by atomic mass is 16.5. The summed E-state index contributed by atoms with van der Waals surface area (Å²) in [6.07, 6.45) is 0.809. The van der Waals surface area contributed by atoms with Crippen LogP contribution in [0.2, 0.25) is 0 Å². The number of fused-ring (bicyclic) bond motifs is 1. The van der Waals surface area contributed by atoms with Gasteiger partial charge in [0.1, 0.15) is 5.75 Å². The van der Waals surface area contributed by atoms with E-state index < -0.39 is 0 Å². The van der Waals surface area contributed by atoms with Gasteiger partial charge in [-0.15, -0.1) is 0 Å². The highest BCUT2D eigenvalue weighted by Gasteiger charge is 2.11. The average molecular weight is 320 g/mol. The number of ether oxygens (including phenoxy) is 1. The molecule has 0 spiro atoms. The number of hydrogen-bond acceptors (Lipinski definition) is 3. The van der Waals surface area contributed by atoms with Gasteiger partial charge in [0, 0.05) is 18.0 Å². The van der Waals surface area contributed by atoms with Gasteiger partial charge in [0.2, 0.25) is 0 Å². The van der Waals surface area contributed by atoms with E-state index in [-0.39, 0.29) is 5.91 Å². The van der Waals surface area contributed by atoms with Gasteiger partial charge in [0.05, 0.1) is 23.9 Å². The number of nitrogens with one attached hydrogen (secondary N) is 1. The van der Waals surface area contributed by atoms with Crippen molar-refractivity contribution in [1.82, 2.24) is 10.3 Å². The van der Waals surface area contributed by atoms with Crippen LogP contribution in [0.4, 0.5) is 0 Å². The second-order valence-corrected chi connectivity index (χ2v) is 5.67. The van der Waals surface area contributed by atoms with Crippen molar-refractivity contribution in [3.63, 3.8) is 0 Å². The zero-order valence-corrected chi connectivity index (χ0v) is 13.9. The number of aromatic nitrogens is 1. The average Bonchev–Trinajstić information content (AvgIpc) is 2.61. The highest BCUT2D eigenvalue weighted by molar-refractivity contribution is 5.98. The van der Waals surface area contributed by atoms with Crippen LogP contribution in [0, 0.1) is 6.92 Å². The Morgan fingerprint density at radius 2 is 1.92 bits per heavy atom. The fourth-order valence-corrected chi connectivity index (χ4v) is 2.66. The van der Waals surface area contributed by atoms with Gasteiger partial charge < -0.3 is 10.1 Å². The summed E-state index contributed by atoms with van der Waals surface area (Å²) >= 11 is 0. The fraction of sp³-hybridized carbons (Fsp3) is 0.200. The molecule has 1 aromatic heterocycles. The van der Waals surface area contributed by atoms with Gasteiger partial charge in [-0.05, 0) is 37.1 Å². The Bertz CT molecular complexity index is 860. The Morgan fingerprint density at radius 1 is 1.12 bits per heavy atom. The molecule has 0 aliphatic carbocycles. The summed E-state index contributed by atoms with van der Waals surface area (Å²) < 4.78 is 5.22. The predicted molar refractivity (Wildman–Crippen MR) is 95.5 cm³/mol. The van der Waals surface area contributed by atoms with Crippen LogP contribution in [0.5, 0.6) is 5.75 Å². The molecule has 0 saturated carbocycles. The van der Waals surface area contributed by atoms with E-state index in [1.165, 1.54) is 5.56 Å². The summed E-state index contributed by atoms with van der Waals surface area (Å²) in [5, 5.41) is 3.90. The van der Waals surface area contributed by atoms with Crippen LogP contribution in [-0.2, 0) is 6.42 Å². The molecule has 24 heavy (non-hydrogen) atoms. The first kappa shape index (κ1) is 16.0. The summed E-state index contributed by atoms with van der Waals surface area (Å²) in [7, 11) is 1.63. The first-order valence-corrected chi connectivity index (χ1v) is 7.95. The molecule has 0 aliphatic rings. The molecule has 2 aromatic carbocycles. The van der Waals surface area contributed by atoms with Gasteiger partial charge in [-0.3, -0.25) is 9.78 Å². The second-order valence-electron chi connectivity index (χ2n) is 5.67. The predicted octanol–water partition coefficient (Wildman–Crippen LogP) is 3.52. The van der Waals surface area contributed by atoms with Crippen molar-refractivity contribution in [2.75, 3.05) is 13.7 Å². The lowest BCUT2D eigenvalue weighted by molar-refractivity contribution is 0.0953. The van der Waals surface area contributed by atoms with Crippen molar-refractivity contribution in [3.05, 3.63) is 71.4 Å². The number of amides is 1. The van der Waals surface area contributed by atoms with Crippen LogP contribution in [0.25, 0.3) is 10.9 Å². The molecule has 0 atom stereocenters. The molecule has 3 rings (SSSR count). The van der Waals surface area contributed by atoms with E-state index in [0.717, 1.165) is 23.1 Å². The molecule has 4 heteroatoms. The van der Waals surface area contributed by atoms with Crippen molar-refractivity contribution in [2.24, 2.45) is 0 Å². The second kappa shape index (κ2) is 7.13. The maximum Gasteiger partial charge on any atom is 0.253 e. The smallest absolute Gasteiger partial charge is 0.253 e. The summed E-state index contributed by atoms with van der Waals surface area (Å²) in [6.45, 7) is 2.45. The third kappa shape index (κ3) is 3.54. The van der Waals surface area contributed by atoms with E-state index in [4.69, 9.17) is 4.74 Å². The number of carbonyl (C=O) groups excluding carboxylic acids is 1. The molecule has 122 valence electrons. The molecule has 0 bridgehead atoms. The van der Waals surface area contributed by atoms with Crippen LogP contribution in [0.15, 0.2) is 54.6 Å². The molecule has 4 nitrogen and oxygen atoms in total. The van der Waals surface area contributed by atoms with Gasteiger partial charge in [-0.25, -0.2) is 0 Å². The molecule has 1 amide bonds. The maximum absolute atomic E-state index is 12.4. The SMILES string of the molecule is COc1ccc2cc(C(=O)NCCc3ccccc3)c(C)nc2c1. The van der Waals surface area contributed by atoms with Crippen molar-refractivity contribution in [2.45, 2.75) is 13.3 Å². The largest absolute Gasteiger partial charge is 0.497 e. The van der Waals surface area contributed by atoms with E-state index in [1.54, 1.807) is 7.11 Å². The third-order valence-electron chi connectivity index (χ3n) is 4.00. The monoisotopic (exact) mass is 320 g/mol. The minimum atomic E-state index is -0.0892. The van der Waals surface area contributed by atoms with Gasteiger partial charge in [0.25, 0.3) is 5.91 Å². The summed E-state index contributed by atoms with van der Waals surface area (Å²) in [5.74, 6) is 0.670. The minimum Gasteiger partial charge on any atom is -0.497 e. The minimum absolute atomic E-state index is 0.0892. The molecule has 1 N–H and O–H groups in total. The van der Waals surface area contributed by atoms with E-state index >= 15 is 0 Å². The number of benzene rings is 2. The molecule has 3 aromatic rings. The van der Waals surface area contributed by atoms with E-state index in [2.05, 4.69) is 22.4 Å². The maximum atomic E-state index is 12.4. The standard InChI is InChI=1S/C20H20N2O2/c1-14-18(12-16-8-9-17(24-2)13-19(16)22-14)20(23)21-11-10-15-6-4-3-5-7-15/h3-9,12-13H,10-11H2,1-2H3,(H,21,23). The Labute approximate surface area is 141 Å². The Balaban J connectivity index is 1.73. The van der Waals surface area contributed by atoms with Crippen LogP contribution in [-0.4, -0.2) is 24.5 Å². The first-order valence-electron chi connectivity index (χ1n) is 7.95. The molecular weight excluding hydrogens is 300 g/mol. The van der Waals surface area contributed by atoms with Crippen molar-refractivity contribution >= 4 is 16.8 Å².